The van der Waals surface area contributed by atoms with Crippen molar-refractivity contribution >= 4 is 5.78 Å². The van der Waals surface area contributed by atoms with E-state index in [4.69, 9.17) is 11.2 Å². The van der Waals surface area contributed by atoms with Crippen LogP contribution < -0.4 is 4.74 Å². The Morgan fingerprint density at radius 1 is 1.53 bits per heavy atom. The first-order valence-corrected chi connectivity index (χ1v) is 4.87. The average molecular weight is 202 g/mol. The van der Waals surface area contributed by atoms with E-state index >= 15 is 0 Å². The van der Waals surface area contributed by atoms with Crippen molar-refractivity contribution in [3.63, 3.8) is 0 Å². The number of terminal acetylenes is 1. The molecule has 78 valence electrons. The Morgan fingerprint density at radius 3 is 2.87 bits per heavy atom. The minimum absolute atomic E-state index is 0.0493. The highest BCUT2D eigenvalue weighted by Crippen LogP contribution is 2.15. The van der Waals surface area contributed by atoms with Gasteiger partial charge >= 0.3 is 0 Å². The molecule has 2 heteroatoms. The highest BCUT2D eigenvalue weighted by Gasteiger charge is 2.05. The first-order chi connectivity index (χ1) is 7.13. The summed E-state index contributed by atoms with van der Waals surface area (Å²) < 4.78 is 5.48. The summed E-state index contributed by atoms with van der Waals surface area (Å²) in [6.07, 6.45) is 5.31. The molecule has 0 aliphatic rings. The zero-order valence-electron chi connectivity index (χ0n) is 8.99. The summed E-state index contributed by atoms with van der Waals surface area (Å²) in [5.41, 5.74) is 0.603. The molecular formula is C13H14O2. The van der Waals surface area contributed by atoms with Crippen molar-refractivity contribution in [2.24, 2.45) is 0 Å². The fraction of sp³-hybridized carbons (Fsp3) is 0.308. The topological polar surface area (TPSA) is 26.3 Å². The first-order valence-electron chi connectivity index (χ1n) is 4.87. The van der Waals surface area contributed by atoms with Crippen molar-refractivity contribution in [2.45, 2.75) is 26.4 Å². The Labute approximate surface area is 90.3 Å². The van der Waals surface area contributed by atoms with Gasteiger partial charge in [-0.25, -0.2) is 0 Å². The molecule has 2 nitrogen and oxygen atoms in total. The molecule has 0 saturated heterocycles. The number of hydrogen-bond donors (Lipinski definition) is 0. The maximum atomic E-state index is 11.5. The Kier molecular flexibility index (Phi) is 3.93. The standard InChI is InChI=1S/C13H14O2/c1-4-6-13(14)11-7-5-8-12(9-11)15-10(2)3/h1,5,7-10H,6H2,2-3H3. The van der Waals surface area contributed by atoms with Crippen molar-refractivity contribution in [1.29, 1.82) is 0 Å². The van der Waals surface area contributed by atoms with Gasteiger partial charge in [0, 0.05) is 5.56 Å². The van der Waals surface area contributed by atoms with Gasteiger partial charge in [-0.2, -0.15) is 0 Å². The largest absolute Gasteiger partial charge is 0.491 e. The fourth-order valence-electron chi connectivity index (χ4n) is 1.21. The van der Waals surface area contributed by atoms with E-state index in [1.807, 2.05) is 19.9 Å². The van der Waals surface area contributed by atoms with Crippen molar-refractivity contribution < 1.29 is 9.53 Å². The Bertz CT molecular complexity index is 386. The van der Waals surface area contributed by atoms with Crippen LogP contribution in [0.1, 0.15) is 30.6 Å². The molecule has 0 radical (unpaired) electrons. The molecule has 0 N–H and O–H groups in total. The molecule has 0 aromatic heterocycles. The molecule has 0 unspecified atom stereocenters. The van der Waals surface area contributed by atoms with Crippen LogP contribution in [0.4, 0.5) is 0 Å². The van der Waals surface area contributed by atoms with E-state index in [2.05, 4.69) is 5.92 Å². The zero-order valence-corrected chi connectivity index (χ0v) is 8.99. The summed E-state index contributed by atoms with van der Waals surface area (Å²) in [5.74, 6) is 2.99. The third-order valence-corrected chi connectivity index (χ3v) is 1.79. The lowest BCUT2D eigenvalue weighted by Gasteiger charge is -2.10. The van der Waals surface area contributed by atoms with E-state index in [1.165, 1.54) is 0 Å². The highest BCUT2D eigenvalue weighted by atomic mass is 16.5. The van der Waals surface area contributed by atoms with Gasteiger partial charge in [0.25, 0.3) is 0 Å². The molecule has 0 fully saturated rings. The summed E-state index contributed by atoms with van der Waals surface area (Å²) in [4.78, 5) is 11.5. The number of carbonyl (C=O) groups excluding carboxylic acids is 1. The molecular weight excluding hydrogens is 188 g/mol. The van der Waals surface area contributed by atoms with Gasteiger partial charge in [-0.05, 0) is 26.0 Å². The van der Waals surface area contributed by atoms with Crippen LogP contribution in [-0.2, 0) is 0 Å². The summed E-state index contributed by atoms with van der Waals surface area (Å²) in [5, 5.41) is 0. The molecule has 0 aliphatic carbocycles. The molecule has 1 rings (SSSR count). The van der Waals surface area contributed by atoms with Gasteiger partial charge in [-0.3, -0.25) is 4.79 Å². The second-order valence-electron chi connectivity index (χ2n) is 3.50. The molecule has 0 saturated carbocycles. The van der Waals surface area contributed by atoms with Crippen molar-refractivity contribution in [1.82, 2.24) is 0 Å². The number of benzene rings is 1. The van der Waals surface area contributed by atoms with Crippen molar-refractivity contribution in [2.75, 3.05) is 0 Å². The molecule has 0 aliphatic heterocycles. The minimum Gasteiger partial charge on any atom is -0.491 e. The number of carbonyl (C=O) groups is 1. The van der Waals surface area contributed by atoms with Crippen LogP contribution in [0.3, 0.4) is 0 Å². The molecule has 1 aromatic carbocycles. The smallest absolute Gasteiger partial charge is 0.174 e. The number of rotatable bonds is 4. The predicted octanol–water partition coefficient (Wildman–Crippen LogP) is 2.68. The Morgan fingerprint density at radius 2 is 2.27 bits per heavy atom. The van der Waals surface area contributed by atoms with Crippen molar-refractivity contribution in [3.8, 4) is 18.1 Å². The van der Waals surface area contributed by atoms with Gasteiger partial charge in [-0.1, -0.05) is 18.1 Å². The lowest BCUT2D eigenvalue weighted by atomic mass is 10.1. The minimum atomic E-state index is -0.0493. The third-order valence-electron chi connectivity index (χ3n) is 1.79. The van der Waals surface area contributed by atoms with Crippen LogP contribution in [0.5, 0.6) is 5.75 Å². The summed E-state index contributed by atoms with van der Waals surface area (Å²) in [7, 11) is 0. The molecule has 0 heterocycles. The lowest BCUT2D eigenvalue weighted by molar-refractivity contribution is 0.0997. The number of Topliss-reactive ketones (excluding diaryl/α,β-unsaturated/α-hetero) is 1. The molecule has 1 aromatic rings. The van der Waals surface area contributed by atoms with E-state index in [-0.39, 0.29) is 18.3 Å². The Balaban J connectivity index is 2.83. The van der Waals surface area contributed by atoms with E-state index in [0.717, 1.165) is 0 Å². The number of ketones is 1. The molecule has 0 bridgehead atoms. The molecule has 0 atom stereocenters. The molecule has 0 amide bonds. The van der Waals surface area contributed by atoms with Gasteiger partial charge in [0.15, 0.2) is 5.78 Å². The summed E-state index contributed by atoms with van der Waals surface area (Å²) >= 11 is 0. The fourth-order valence-corrected chi connectivity index (χ4v) is 1.21. The third kappa shape index (κ3) is 3.47. The van der Waals surface area contributed by atoms with Gasteiger partial charge < -0.3 is 4.74 Å². The van der Waals surface area contributed by atoms with Crippen LogP contribution >= 0.6 is 0 Å². The molecule has 15 heavy (non-hydrogen) atoms. The summed E-state index contributed by atoms with van der Waals surface area (Å²) in [6, 6.07) is 7.08. The van der Waals surface area contributed by atoms with Crippen LogP contribution in [0, 0.1) is 12.3 Å². The van der Waals surface area contributed by atoms with Crippen LogP contribution in [0.25, 0.3) is 0 Å². The lowest BCUT2D eigenvalue weighted by Crippen LogP contribution is -2.06. The monoisotopic (exact) mass is 202 g/mol. The maximum Gasteiger partial charge on any atom is 0.174 e. The van der Waals surface area contributed by atoms with Gasteiger partial charge in [0.2, 0.25) is 0 Å². The SMILES string of the molecule is C#CCC(=O)c1cccc(OC(C)C)c1. The van der Waals surface area contributed by atoms with Crippen LogP contribution in [0.2, 0.25) is 0 Å². The Hall–Kier alpha value is -1.75. The normalized spacial score (nSPS) is 9.73. The number of hydrogen-bond acceptors (Lipinski definition) is 2. The van der Waals surface area contributed by atoms with Crippen LogP contribution in [-0.4, -0.2) is 11.9 Å². The van der Waals surface area contributed by atoms with Gasteiger partial charge in [0.05, 0.1) is 12.5 Å². The highest BCUT2D eigenvalue weighted by molar-refractivity contribution is 5.97. The maximum absolute atomic E-state index is 11.5. The van der Waals surface area contributed by atoms with Gasteiger partial charge in [0.1, 0.15) is 5.75 Å². The second-order valence-corrected chi connectivity index (χ2v) is 3.50. The quantitative estimate of drug-likeness (QED) is 0.554. The zero-order chi connectivity index (χ0) is 11.3. The van der Waals surface area contributed by atoms with E-state index in [1.54, 1.807) is 18.2 Å². The van der Waals surface area contributed by atoms with E-state index in [9.17, 15) is 4.79 Å². The predicted molar refractivity (Wildman–Crippen MR) is 60.0 cm³/mol. The average Bonchev–Trinajstić information content (AvgIpc) is 2.17. The molecule has 0 spiro atoms. The first kappa shape index (κ1) is 11.3. The summed E-state index contributed by atoms with van der Waals surface area (Å²) in [6.45, 7) is 3.88. The van der Waals surface area contributed by atoms with Crippen molar-refractivity contribution in [3.05, 3.63) is 29.8 Å². The second kappa shape index (κ2) is 5.21. The van der Waals surface area contributed by atoms with Gasteiger partial charge in [-0.15, -0.1) is 6.42 Å². The number of ether oxygens (including phenoxy) is 1. The van der Waals surface area contributed by atoms with E-state index < -0.39 is 0 Å². The van der Waals surface area contributed by atoms with Crippen LogP contribution in [0.15, 0.2) is 24.3 Å². The van der Waals surface area contributed by atoms with E-state index in [0.29, 0.717) is 11.3 Å².